The van der Waals surface area contributed by atoms with Crippen LogP contribution in [0.25, 0.3) is 32.0 Å². The first-order chi connectivity index (χ1) is 15.5. The molecule has 158 valence electrons. The van der Waals surface area contributed by atoms with E-state index in [1.54, 1.807) is 18.3 Å². The molecule has 1 N–H and O–H groups in total. The first kappa shape index (κ1) is 20.4. The molecule has 0 spiro atoms. The minimum atomic E-state index is -3.74. The van der Waals surface area contributed by atoms with Gasteiger partial charge in [-0.2, -0.15) is 0 Å². The van der Waals surface area contributed by atoms with Gasteiger partial charge in [0.25, 0.3) is 10.0 Å². The molecule has 0 fully saturated rings. The summed E-state index contributed by atoms with van der Waals surface area (Å²) in [6.07, 6.45) is 1.74. The van der Waals surface area contributed by atoms with Crippen LogP contribution < -0.4 is 4.72 Å². The fraction of sp³-hybridized carbons (Fsp3) is 0.0400. The molecule has 7 heteroatoms. The van der Waals surface area contributed by atoms with Gasteiger partial charge in [0.1, 0.15) is 15.4 Å². The predicted molar refractivity (Wildman–Crippen MR) is 130 cm³/mol. The molecular formula is C25H19N3O2S2. The van der Waals surface area contributed by atoms with E-state index in [4.69, 9.17) is 0 Å². The average Bonchev–Trinajstić information content (AvgIpc) is 3.25. The SMILES string of the molecule is Cc1ccc(-c2nc3cccnc3s2)cc1NS(=O)(=O)c1ccc(-c2ccccc2)cc1. The van der Waals surface area contributed by atoms with Gasteiger partial charge >= 0.3 is 0 Å². The van der Waals surface area contributed by atoms with Gasteiger partial charge in [-0.1, -0.05) is 65.9 Å². The molecule has 0 radical (unpaired) electrons. The molecule has 0 aliphatic heterocycles. The van der Waals surface area contributed by atoms with E-state index in [0.29, 0.717) is 5.69 Å². The van der Waals surface area contributed by atoms with Gasteiger partial charge in [-0.05, 0) is 53.9 Å². The molecule has 0 unspecified atom stereocenters. The topological polar surface area (TPSA) is 72.0 Å². The van der Waals surface area contributed by atoms with Crippen LogP contribution in [0.4, 0.5) is 5.69 Å². The summed E-state index contributed by atoms with van der Waals surface area (Å²) in [7, 11) is -3.74. The van der Waals surface area contributed by atoms with Crippen molar-refractivity contribution in [3.05, 3.63) is 96.7 Å². The summed E-state index contributed by atoms with van der Waals surface area (Å²) < 4.78 is 28.9. The highest BCUT2D eigenvalue weighted by atomic mass is 32.2. The fourth-order valence-electron chi connectivity index (χ4n) is 3.42. The van der Waals surface area contributed by atoms with Gasteiger partial charge in [0, 0.05) is 11.8 Å². The second kappa shape index (κ2) is 8.18. The smallest absolute Gasteiger partial charge is 0.261 e. The van der Waals surface area contributed by atoms with Crippen molar-refractivity contribution in [1.29, 1.82) is 0 Å². The Morgan fingerprint density at radius 3 is 2.28 bits per heavy atom. The zero-order valence-corrected chi connectivity index (χ0v) is 18.8. The van der Waals surface area contributed by atoms with Crippen molar-refractivity contribution in [3.8, 4) is 21.7 Å². The van der Waals surface area contributed by atoms with Crippen LogP contribution in [0.5, 0.6) is 0 Å². The Labute approximate surface area is 190 Å². The number of nitrogens with zero attached hydrogens (tertiary/aromatic N) is 2. The zero-order valence-electron chi connectivity index (χ0n) is 17.2. The van der Waals surface area contributed by atoms with Crippen LogP contribution in [0.3, 0.4) is 0 Å². The fourth-order valence-corrected chi connectivity index (χ4v) is 5.44. The molecule has 0 saturated heterocycles. The van der Waals surface area contributed by atoms with Crippen LogP contribution in [0.1, 0.15) is 5.56 Å². The Hall–Kier alpha value is -3.55. The zero-order chi connectivity index (χ0) is 22.1. The van der Waals surface area contributed by atoms with Crippen molar-refractivity contribution in [2.24, 2.45) is 0 Å². The van der Waals surface area contributed by atoms with E-state index in [0.717, 1.165) is 37.6 Å². The normalized spacial score (nSPS) is 11.5. The number of pyridine rings is 1. The van der Waals surface area contributed by atoms with Crippen LogP contribution in [0.2, 0.25) is 0 Å². The van der Waals surface area contributed by atoms with E-state index in [1.165, 1.54) is 11.3 Å². The molecule has 2 heterocycles. The maximum atomic E-state index is 13.1. The Kier molecular flexibility index (Phi) is 5.20. The molecule has 0 amide bonds. The van der Waals surface area contributed by atoms with Crippen molar-refractivity contribution >= 4 is 37.4 Å². The van der Waals surface area contributed by atoms with Crippen molar-refractivity contribution in [2.45, 2.75) is 11.8 Å². The molecule has 5 aromatic rings. The minimum Gasteiger partial charge on any atom is -0.279 e. The lowest BCUT2D eigenvalue weighted by molar-refractivity contribution is 0.601. The largest absolute Gasteiger partial charge is 0.279 e. The third-order valence-electron chi connectivity index (χ3n) is 5.17. The quantitative estimate of drug-likeness (QED) is 0.344. The summed E-state index contributed by atoms with van der Waals surface area (Å²) in [4.78, 5) is 10.0. The molecule has 0 saturated carbocycles. The van der Waals surface area contributed by atoms with Gasteiger partial charge < -0.3 is 0 Å². The van der Waals surface area contributed by atoms with Crippen molar-refractivity contribution in [3.63, 3.8) is 0 Å². The highest BCUT2D eigenvalue weighted by Crippen LogP contribution is 2.32. The van der Waals surface area contributed by atoms with Gasteiger partial charge in [-0.25, -0.2) is 18.4 Å². The Morgan fingerprint density at radius 1 is 0.812 bits per heavy atom. The molecule has 0 aliphatic rings. The number of anilines is 1. The molecule has 3 aromatic carbocycles. The van der Waals surface area contributed by atoms with E-state index in [2.05, 4.69) is 14.7 Å². The van der Waals surface area contributed by atoms with Gasteiger partial charge in [0.2, 0.25) is 0 Å². The van der Waals surface area contributed by atoms with Crippen LogP contribution in [-0.4, -0.2) is 18.4 Å². The summed E-state index contributed by atoms with van der Waals surface area (Å²) >= 11 is 1.48. The standard InChI is InChI=1S/C25H19N3O2S2/c1-17-9-10-20(24-27-22-8-5-15-26-25(22)31-24)16-23(17)28-32(29,30)21-13-11-19(12-14-21)18-6-3-2-4-7-18/h2-16,28H,1H3. The number of hydrogen-bond donors (Lipinski definition) is 1. The van der Waals surface area contributed by atoms with E-state index < -0.39 is 10.0 Å². The summed E-state index contributed by atoms with van der Waals surface area (Å²) in [6, 6.07) is 26.2. The second-order valence-corrected chi connectivity index (χ2v) is 10.0. The summed E-state index contributed by atoms with van der Waals surface area (Å²) in [6.45, 7) is 1.88. The molecule has 0 aliphatic carbocycles. The molecule has 0 atom stereocenters. The molecule has 2 aromatic heterocycles. The lowest BCUT2D eigenvalue weighted by Crippen LogP contribution is -2.13. The number of thiazole rings is 1. The van der Waals surface area contributed by atoms with Crippen LogP contribution in [0.15, 0.2) is 96.0 Å². The maximum absolute atomic E-state index is 13.1. The van der Waals surface area contributed by atoms with Gasteiger partial charge in [-0.3, -0.25) is 4.72 Å². The number of benzene rings is 3. The lowest BCUT2D eigenvalue weighted by Gasteiger charge is -2.12. The van der Waals surface area contributed by atoms with E-state index in [9.17, 15) is 8.42 Å². The summed E-state index contributed by atoms with van der Waals surface area (Å²) in [5.41, 5.74) is 5.04. The van der Waals surface area contributed by atoms with Crippen LogP contribution in [-0.2, 0) is 10.0 Å². The van der Waals surface area contributed by atoms with Crippen molar-refractivity contribution < 1.29 is 8.42 Å². The maximum Gasteiger partial charge on any atom is 0.261 e. The third kappa shape index (κ3) is 4.00. The molecule has 0 bridgehead atoms. The van der Waals surface area contributed by atoms with E-state index in [1.807, 2.05) is 79.7 Å². The average molecular weight is 458 g/mol. The van der Waals surface area contributed by atoms with Gasteiger partial charge in [0.05, 0.1) is 10.6 Å². The first-order valence-corrected chi connectivity index (χ1v) is 12.3. The highest BCUT2D eigenvalue weighted by molar-refractivity contribution is 7.92. The molecule has 5 rings (SSSR count). The number of aromatic nitrogens is 2. The molecule has 5 nitrogen and oxygen atoms in total. The second-order valence-electron chi connectivity index (χ2n) is 7.37. The van der Waals surface area contributed by atoms with Gasteiger partial charge in [0.15, 0.2) is 0 Å². The van der Waals surface area contributed by atoms with Crippen molar-refractivity contribution in [2.75, 3.05) is 4.72 Å². The Bertz CT molecular complexity index is 1480. The van der Waals surface area contributed by atoms with E-state index in [-0.39, 0.29) is 4.90 Å². The number of hydrogen-bond acceptors (Lipinski definition) is 5. The first-order valence-electron chi connectivity index (χ1n) is 10.0. The lowest BCUT2D eigenvalue weighted by atomic mass is 10.1. The summed E-state index contributed by atoms with van der Waals surface area (Å²) in [5, 5.41) is 0.798. The third-order valence-corrected chi connectivity index (χ3v) is 7.58. The number of fused-ring (bicyclic) bond motifs is 1. The monoisotopic (exact) mass is 457 g/mol. The Morgan fingerprint density at radius 2 is 1.53 bits per heavy atom. The minimum absolute atomic E-state index is 0.214. The van der Waals surface area contributed by atoms with Crippen molar-refractivity contribution in [1.82, 2.24) is 9.97 Å². The molecular weight excluding hydrogens is 438 g/mol. The number of aryl methyl sites for hydroxylation is 1. The highest BCUT2D eigenvalue weighted by Gasteiger charge is 2.17. The number of nitrogens with one attached hydrogen (secondary N) is 1. The Balaban J connectivity index is 1.44. The summed E-state index contributed by atoms with van der Waals surface area (Å²) in [5.74, 6) is 0. The number of sulfonamides is 1. The van der Waals surface area contributed by atoms with E-state index >= 15 is 0 Å². The van der Waals surface area contributed by atoms with Crippen LogP contribution >= 0.6 is 11.3 Å². The predicted octanol–water partition coefficient (Wildman–Crippen LogP) is 6.13. The van der Waals surface area contributed by atoms with Crippen LogP contribution in [0, 0.1) is 6.92 Å². The van der Waals surface area contributed by atoms with Gasteiger partial charge in [-0.15, -0.1) is 0 Å². The molecule has 32 heavy (non-hydrogen) atoms. The number of rotatable bonds is 5.